The maximum Gasteiger partial charge on any atom is 0.261 e. The van der Waals surface area contributed by atoms with Gasteiger partial charge in [-0.25, -0.2) is 13.4 Å². The molecular formula is C13H11N3O2S2. The Balaban J connectivity index is 1.94. The lowest BCUT2D eigenvalue weighted by Gasteiger charge is -2.08. The molecular weight excluding hydrogens is 294 g/mol. The summed E-state index contributed by atoms with van der Waals surface area (Å²) in [5.41, 5.74) is 9.17. The third-order valence-electron chi connectivity index (χ3n) is 2.77. The number of anilines is 2. The third kappa shape index (κ3) is 2.45. The van der Waals surface area contributed by atoms with E-state index in [4.69, 9.17) is 5.73 Å². The van der Waals surface area contributed by atoms with Crippen molar-refractivity contribution < 1.29 is 8.42 Å². The number of sulfonamides is 1. The quantitative estimate of drug-likeness (QED) is 0.729. The average molecular weight is 305 g/mol. The number of nitrogen functional groups attached to an aromatic ring is 1. The number of rotatable bonds is 3. The van der Waals surface area contributed by atoms with E-state index in [1.165, 1.54) is 23.5 Å². The zero-order valence-corrected chi connectivity index (χ0v) is 11.9. The van der Waals surface area contributed by atoms with Gasteiger partial charge < -0.3 is 5.73 Å². The fraction of sp³-hybridized carbons (Fsp3) is 0. The largest absolute Gasteiger partial charge is 0.399 e. The molecule has 0 amide bonds. The fourth-order valence-corrected chi connectivity index (χ4v) is 3.55. The number of thiazole rings is 1. The summed E-state index contributed by atoms with van der Waals surface area (Å²) in [6.45, 7) is 0. The van der Waals surface area contributed by atoms with Crippen molar-refractivity contribution in [2.75, 3.05) is 10.5 Å². The summed E-state index contributed by atoms with van der Waals surface area (Å²) >= 11 is 1.46. The number of benzene rings is 2. The molecule has 0 aliphatic heterocycles. The molecule has 0 aliphatic rings. The summed E-state index contributed by atoms with van der Waals surface area (Å²) in [6.07, 6.45) is 0. The number of nitrogens with zero attached hydrogens (tertiary/aromatic N) is 1. The first-order chi connectivity index (χ1) is 9.54. The van der Waals surface area contributed by atoms with E-state index in [9.17, 15) is 8.42 Å². The zero-order chi connectivity index (χ0) is 14.2. The molecule has 7 heteroatoms. The molecule has 0 saturated heterocycles. The van der Waals surface area contributed by atoms with Gasteiger partial charge in [0.25, 0.3) is 10.0 Å². The Labute approximate surface area is 120 Å². The van der Waals surface area contributed by atoms with Crippen LogP contribution in [0.5, 0.6) is 0 Å². The molecule has 0 saturated carbocycles. The molecule has 0 unspecified atom stereocenters. The molecule has 1 heterocycles. The molecule has 0 radical (unpaired) electrons. The number of aromatic nitrogens is 1. The van der Waals surface area contributed by atoms with Crippen LogP contribution >= 0.6 is 11.3 Å². The molecule has 0 aliphatic carbocycles. The molecule has 2 aromatic carbocycles. The maximum absolute atomic E-state index is 12.2. The van der Waals surface area contributed by atoms with Crippen molar-refractivity contribution in [2.24, 2.45) is 0 Å². The summed E-state index contributed by atoms with van der Waals surface area (Å²) in [5.74, 6) is 0. The minimum atomic E-state index is -3.60. The van der Waals surface area contributed by atoms with Gasteiger partial charge in [-0.1, -0.05) is 0 Å². The minimum Gasteiger partial charge on any atom is -0.399 e. The molecule has 0 atom stereocenters. The Morgan fingerprint density at radius 1 is 1.10 bits per heavy atom. The van der Waals surface area contributed by atoms with E-state index in [-0.39, 0.29) is 4.90 Å². The summed E-state index contributed by atoms with van der Waals surface area (Å²) in [6, 6.07) is 11.3. The van der Waals surface area contributed by atoms with Crippen LogP contribution in [-0.4, -0.2) is 13.4 Å². The van der Waals surface area contributed by atoms with Gasteiger partial charge in [-0.05, 0) is 42.5 Å². The van der Waals surface area contributed by atoms with Crippen molar-refractivity contribution >= 4 is 43.0 Å². The topological polar surface area (TPSA) is 85.1 Å². The Hall–Kier alpha value is -2.12. The van der Waals surface area contributed by atoms with Crippen molar-refractivity contribution in [3.05, 3.63) is 48.0 Å². The highest BCUT2D eigenvalue weighted by Crippen LogP contribution is 2.24. The zero-order valence-electron chi connectivity index (χ0n) is 10.3. The van der Waals surface area contributed by atoms with Crippen LogP contribution in [0.15, 0.2) is 52.9 Å². The minimum absolute atomic E-state index is 0.177. The maximum atomic E-state index is 12.2. The normalized spacial score (nSPS) is 11.6. The van der Waals surface area contributed by atoms with Gasteiger partial charge in [0.1, 0.15) is 0 Å². The first kappa shape index (κ1) is 12.9. The van der Waals surface area contributed by atoms with Gasteiger partial charge in [-0.2, -0.15) is 0 Å². The number of hydrogen-bond acceptors (Lipinski definition) is 5. The second-order valence-electron chi connectivity index (χ2n) is 4.21. The molecule has 3 rings (SSSR count). The van der Waals surface area contributed by atoms with E-state index in [0.717, 1.165) is 10.2 Å². The van der Waals surface area contributed by atoms with Crippen LogP contribution in [0.4, 0.5) is 11.4 Å². The lowest BCUT2D eigenvalue weighted by atomic mass is 10.3. The summed E-state index contributed by atoms with van der Waals surface area (Å²) < 4.78 is 27.9. The average Bonchev–Trinajstić information content (AvgIpc) is 2.86. The van der Waals surface area contributed by atoms with Crippen molar-refractivity contribution in [1.29, 1.82) is 0 Å². The van der Waals surface area contributed by atoms with Crippen LogP contribution in [0.25, 0.3) is 10.2 Å². The lowest BCUT2D eigenvalue weighted by Crippen LogP contribution is -2.12. The Morgan fingerprint density at radius 3 is 2.60 bits per heavy atom. The highest BCUT2D eigenvalue weighted by Gasteiger charge is 2.14. The van der Waals surface area contributed by atoms with Gasteiger partial charge in [0.05, 0.1) is 26.3 Å². The molecule has 1 aromatic heterocycles. The highest BCUT2D eigenvalue weighted by atomic mass is 32.2. The van der Waals surface area contributed by atoms with Gasteiger partial charge in [0.2, 0.25) is 0 Å². The summed E-state index contributed by atoms with van der Waals surface area (Å²) in [7, 11) is -3.60. The fourth-order valence-electron chi connectivity index (χ4n) is 1.78. The molecule has 0 spiro atoms. The standard InChI is InChI=1S/C13H11N3O2S2/c14-9-1-4-11(5-2-9)20(17,18)16-10-3-6-12-13(7-10)19-8-15-12/h1-8,16H,14H2. The Bertz CT molecular complexity index is 855. The van der Waals surface area contributed by atoms with Crippen LogP contribution in [0.1, 0.15) is 0 Å². The molecule has 3 aromatic rings. The SMILES string of the molecule is Nc1ccc(S(=O)(=O)Nc2ccc3ncsc3c2)cc1. The lowest BCUT2D eigenvalue weighted by molar-refractivity contribution is 0.601. The monoisotopic (exact) mass is 305 g/mol. The number of fused-ring (bicyclic) bond motifs is 1. The first-order valence-corrected chi connectivity index (χ1v) is 8.12. The van der Waals surface area contributed by atoms with E-state index >= 15 is 0 Å². The number of nitrogens with one attached hydrogen (secondary N) is 1. The third-order valence-corrected chi connectivity index (χ3v) is 4.96. The predicted molar refractivity (Wildman–Crippen MR) is 81.3 cm³/mol. The predicted octanol–water partition coefficient (Wildman–Crippen LogP) is 2.68. The van der Waals surface area contributed by atoms with E-state index < -0.39 is 10.0 Å². The molecule has 0 fully saturated rings. The van der Waals surface area contributed by atoms with E-state index in [0.29, 0.717) is 11.4 Å². The summed E-state index contributed by atoms with van der Waals surface area (Å²) in [4.78, 5) is 4.33. The second kappa shape index (κ2) is 4.77. The van der Waals surface area contributed by atoms with Crippen molar-refractivity contribution in [2.45, 2.75) is 4.90 Å². The van der Waals surface area contributed by atoms with Gasteiger partial charge in [0, 0.05) is 5.69 Å². The van der Waals surface area contributed by atoms with Crippen LogP contribution < -0.4 is 10.5 Å². The highest BCUT2D eigenvalue weighted by molar-refractivity contribution is 7.92. The van der Waals surface area contributed by atoms with Gasteiger partial charge >= 0.3 is 0 Å². The van der Waals surface area contributed by atoms with E-state index in [1.807, 2.05) is 0 Å². The van der Waals surface area contributed by atoms with Gasteiger partial charge in [0.15, 0.2) is 0 Å². The number of hydrogen-bond donors (Lipinski definition) is 2. The van der Waals surface area contributed by atoms with E-state index in [2.05, 4.69) is 9.71 Å². The first-order valence-electron chi connectivity index (χ1n) is 5.76. The van der Waals surface area contributed by atoms with Crippen LogP contribution in [-0.2, 0) is 10.0 Å². The molecule has 20 heavy (non-hydrogen) atoms. The molecule has 102 valence electrons. The van der Waals surface area contributed by atoms with Crippen LogP contribution in [0, 0.1) is 0 Å². The molecule has 5 nitrogen and oxygen atoms in total. The van der Waals surface area contributed by atoms with Crippen molar-refractivity contribution in [3.8, 4) is 0 Å². The second-order valence-corrected chi connectivity index (χ2v) is 6.78. The smallest absolute Gasteiger partial charge is 0.261 e. The van der Waals surface area contributed by atoms with Crippen molar-refractivity contribution in [1.82, 2.24) is 4.98 Å². The van der Waals surface area contributed by atoms with Crippen LogP contribution in [0.3, 0.4) is 0 Å². The molecule has 3 N–H and O–H groups in total. The number of nitrogens with two attached hydrogens (primary N) is 1. The Morgan fingerprint density at radius 2 is 1.85 bits per heavy atom. The van der Waals surface area contributed by atoms with Gasteiger partial charge in [-0.15, -0.1) is 11.3 Å². The van der Waals surface area contributed by atoms with Crippen molar-refractivity contribution in [3.63, 3.8) is 0 Å². The summed E-state index contributed by atoms with van der Waals surface area (Å²) in [5, 5.41) is 0. The Kier molecular flexibility index (Phi) is 3.07. The van der Waals surface area contributed by atoms with Gasteiger partial charge in [-0.3, -0.25) is 4.72 Å². The van der Waals surface area contributed by atoms with E-state index in [1.54, 1.807) is 35.8 Å². The molecule has 0 bridgehead atoms. The van der Waals surface area contributed by atoms with Crippen LogP contribution in [0.2, 0.25) is 0 Å².